The Morgan fingerprint density at radius 2 is 2.10 bits per heavy atom. The highest BCUT2D eigenvalue weighted by molar-refractivity contribution is 7.89. The van der Waals surface area contributed by atoms with E-state index in [9.17, 15) is 8.42 Å². The van der Waals surface area contributed by atoms with Gasteiger partial charge < -0.3 is 9.73 Å². The summed E-state index contributed by atoms with van der Waals surface area (Å²) in [6, 6.07) is 6.68. The molecule has 0 radical (unpaired) electrons. The van der Waals surface area contributed by atoms with Gasteiger partial charge in [-0.1, -0.05) is 13.0 Å². The molecule has 0 saturated carbocycles. The molecule has 2 N–H and O–H groups in total. The van der Waals surface area contributed by atoms with E-state index in [2.05, 4.69) is 21.9 Å². The minimum Gasteiger partial charge on any atom is -0.468 e. The first kappa shape index (κ1) is 15.7. The summed E-state index contributed by atoms with van der Waals surface area (Å²) in [7, 11) is -3.62. The average Bonchev–Trinajstić information content (AvgIpc) is 3.00. The summed E-state index contributed by atoms with van der Waals surface area (Å²) < 4.78 is 31.7. The zero-order valence-corrected chi connectivity index (χ0v) is 12.7. The van der Waals surface area contributed by atoms with Gasteiger partial charge in [-0.2, -0.15) is 0 Å². The summed E-state index contributed by atoms with van der Waals surface area (Å²) in [5.41, 5.74) is 0.952. The molecular weight excluding hydrogens is 290 g/mol. The van der Waals surface area contributed by atoms with Crippen molar-refractivity contribution in [3.8, 4) is 0 Å². The van der Waals surface area contributed by atoms with Crippen LogP contribution in [-0.4, -0.2) is 19.9 Å². The van der Waals surface area contributed by atoms with Crippen LogP contribution >= 0.6 is 0 Å². The number of nitrogens with one attached hydrogen (secondary N) is 2. The molecule has 114 valence electrons. The minimum atomic E-state index is -3.62. The fourth-order valence-corrected chi connectivity index (χ4v) is 2.66. The Bertz CT molecular complexity index is 637. The van der Waals surface area contributed by atoms with Crippen molar-refractivity contribution in [1.29, 1.82) is 0 Å². The summed E-state index contributed by atoms with van der Waals surface area (Å²) >= 11 is 0. The van der Waals surface area contributed by atoms with Gasteiger partial charge in [-0.3, -0.25) is 0 Å². The lowest BCUT2D eigenvalue weighted by molar-refractivity contribution is 0.498. The predicted octanol–water partition coefficient (Wildman–Crippen LogP) is 1.65. The Morgan fingerprint density at radius 1 is 1.24 bits per heavy atom. The number of nitrogens with zero attached hydrogens (tertiary/aromatic N) is 1. The van der Waals surface area contributed by atoms with Gasteiger partial charge in [0.15, 0.2) is 5.03 Å². The van der Waals surface area contributed by atoms with Gasteiger partial charge in [0.05, 0.1) is 12.8 Å². The van der Waals surface area contributed by atoms with Crippen LogP contribution in [0.4, 0.5) is 0 Å². The van der Waals surface area contributed by atoms with E-state index in [1.54, 1.807) is 24.4 Å². The lowest BCUT2D eigenvalue weighted by Crippen LogP contribution is -2.24. The maximum Gasteiger partial charge on any atom is 0.258 e. The molecule has 2 aromatic rings. The number of furan rings is 1. The summed E-state index contributed by atoms with van der Waals surface area (Å²) in [5, 5.41) is 3.24. The number of aromatic nitrogens is 1. The third kappa shape index (κ3) is 4.66. The van der Waals surface area contributed by atoms with E-state index in [1.807, 2.05) is 0 Å². The molecule has 2 aromatic heterocycles. The number of hydrogen-bond acceptors (Lipinski definition) is 5. The maximum atomic E-state index is 12.1. The molecule has 2 heterocycles. The largest absolute Gasteiger partial charge is 0.468 e. The molecule has 0 fully saturated rings. The molecule has 2 rings (SSSR count). The van der Waals surface area contributed by atoms with Crippen molar-refractivity contribution >= 4 is 10.0 Å². The van der Waals surface area contributed by atoms with Crippen LogP contribution < -0.4 is 10.0 Å². The molecule has 0 aliphatic rings. The number of rotatable bonds is 8. The number of sulfonamides is 1. The Labute approximate surface area is 124 Å². The summed E-state index contributed by atoms with van der Waals surface area (Å²) in [5.74, 6) is 0.555. The van der Waals surface area contributed by atoms with Gasteiger partial charge in [0.1, 0.15) is 5.76 Å². The van der Waals surface area contributed by atoms with Gasteiger partial charge in [0, 0.05) is 12.7 Å². The van der Waals surface area contributed by atoms with Crippen LogP contribution in [0.25, 0.3) is 0 Å². The SMILES string of the molecule is CCCNCc1ccc(S(=O)(=O)NCc2ccco2)nc1. The van der Waals surface area contributed by atoms with Gasteiger partial charge in [-0.15, -0.1) is 0 Å². The van der Waals surface area contributed by atoms with Crippen molar-refractivity contribution in [2.45, 2.75) is 31.5 Å². The molecule has 0 bridgehead atoms. The summed E-state index contributed by atoms with van der Waals surface area (Å²) in [4.78, 5) is 4.01. The molecule has 0 unspecified atom stereocenters. The lowest BCUT2D eigenvalue weighted by atomic mass is 10.3. The molecule has 0 aliphatic heterocycles. The summed E-state index contributed by atoms with van der Waals surface area (Å²) in [6.07, 6.45) is 4.13. The first-order valence-electron chi connectivity index (χ1n) is 6.79. The predicted molar refractivity (Wildman–Crippen MR) is 79.0 cm³/mol. The van der Waals surface area contributed by atoms with Crippen molar-refractivity contribution < 1.29 is 12.8 Å². The van der Waals surface area contributed by atoms with E-state index < -0.39 is 10.0 Å². The Kier molecular flexibility index (Phi) is 5.49. The van der Waals surface area contributed by atoms with Crippen LogP contribution in [0.1, 0.15) is 24.7 Å². The normalized spacial score (nSPS) is 11.7. The van der Waals surface area contributed by atoms with Crippen LogP contribution in [0.2, 0.25) is 0 Å². The van der Waals surface area contributed by atoms with Crippen molar-refractivity contribution in [1.82, 2.24) is 15.0 Å². The fraction of sp³-hybridized carbons (Fsp3) is 0.357. The highest BCUT2D eigenvalue weighted by atomic mass is 32.2. The van der Waals surface area contributed by atoms with Crippen LogP contribution in [0.3, 0.4) is 0 Å². The monoisotopic (exact) mass is 309 g/mol. The van der Waals surface area contributed by atoms with Crippen LogP contribution in [0.15, 0.2) is 46.2 Å². The first-order chi connectivity index (χ1) is 10.1. The number of pyridine rings is 1. The van der Waals surface area contributed by atoms with Crippen molar-refractivity contribution in [3.63, 3.8) is 0 Å². The van der Waals surface area contributed by atoms with E-state index >= 15 is 0 Å². The topological polar surface area (TPSA) is 84.2 Å². The molecule has 0 atom stereocenters. The molecule has 21 heavy (non-hydrogen) atoms. The van der Waals surface area contributed by atoms with Crippen LogP contribution in [0, 0.1) is 0 Å². The standard InChI is InChI=1S/C14H19N3O3S/c1-2-7-15-9-12-5-6-14(16-10-12)21(18,19)17-11-13-4-3-8-20-13/h3-6,8,10,15,17H,2,7,9,11H2,1H3. The quantitative estimate of drug-likeness (QED) is 0.724. The second-order valence-corrected chi connectivity index (χ2v) is 6.30. The maximum absolute atomic E-state index is 12.1. The second kappa shape index (κ2) is 7.35. The van der Waals surface area contributed by atoms with Crippen LogP contribution in [0.5, 0.6) is 0 Å². The fourth-order valence-electron chi connectivity index (χ4n) is 1.74. The molecule has 7 heteroatoms. The zero-order valence-electron chi connectivity index (χ0n) is 11.9. The lowest BCUT2D eigenvalue weighted by Gasteiger charge is -2.06. The van der Waals surface area contributed by atoms with Crippen LogP contribution in [-0.2, 0) is 23.1 Å². The Hall–Kier alpha value is -1.70. The van der Waals surface area contributed by atoms with Gasteiger partial charge >= 0.3 is 0 Å². The van der Waals surface area contributed by atoms with Gasteiger partial charge in [-0.25, -0.2) is 18.1 Å². The highest BCUT2D eigenvalue weighted by Crippen LogP contribution is 2.08. The third-order valence-corrected chi connectivity index (χ3v) is 4.16. The molecule has 6 nitrogen and oxygen atoms in total. The molecule has 0 saturated heterocycles. The smallest absolute Gasteiger partial charge is 0.258 e. The van der Waals surface area contributed by atoms with Crippen molar-refractivity contribution in [2.75, 3.05) is 6.54 Å². The molecule has 0 amide bonds. The van der Waals surface area contributed by atoms with Crippen molar-refractivity contribution in [2.24, 2.45) is 0 Å². The molecule has 0 spiro atoms. The van der Waals surface area contributed by atoms with Gasteiger partial charge in [-0.05, 0) is 36.7 Å². The van der Waals surface area contributed by atoms with E-state index in [1.165, 1.54) is 12.3 Å². The number of hydrogen-bond donors (Lipinski definition) is 2. The van der Waals surface area contributed by atoms with E-state index in [-0.39, 0.29) is 11.6 Å². The highest BCUT2D eigenvalue weighted by Gasteiger charge is 2.15. The third-order valence-electron chi connectivity index (χ3n) is 2.85. The second-order valence-electron chi connectivity index (χ2n) is 4.59. The molecular formula is C14H19N3O3S. The van der Waals surface area contributed by atoms with E-state index in [0.717, 1.165) is 18.5 Å². The van der Waals surface area contributed by atoms with Gasteiger partial charge in [0.25, 0.3) is 10.0 Å². The first-order valence-corrected chi connectivity index (χ1v) is 8.28. The van der Waals surface area contributed by atoms with E-state index in [0.29, 0.717) is 12.3 Å². The molecule has 0 aromatic carbocycles. The van der Waals surface area contributed by atoms with E-state index in [4.69, 9.17) is 4.42 Å². The van der Waals surface area contributed by atoms with Gasteiger partial charge in [0.2, 0.25) is 0 Å². The Balaban J connectivity index is 1.96. The molecule has 0 aliphatic carbocycles. The zero-order chi connectivity index (χ0) is 15.1. The van der Waals surface area contributed by atoms with Crippen molar-refractivity contribution in [3.05, 3.63) is 48.0 Å². The Morgan fingerprint density at radius 3 is 2.71 bits per heavy atom. The summed E-state index contributed by atoms with van der Waals surface area (Å²) in [6.45, 7) is 3.80. The average molecular weight is 309 g/mol. The minimum absolute atomic E-state index is 0.00768.